The molecule has 0 fully saturated rings. The van der Waals surface area contributed by atoms with E-state index in [1.807, 2.05) is 61.5 Å². The van der Waals surface area contributed by atoms with Gasteiger partial charge in [0.05, 0.1) is 28.9 Å². The van der Waals surface area contributed by atoms with Crippen molar-refractivity contribution in [1.82, 2.24) is 20.2 Å². The third-order valence-electron chi connectivity index (χ3n) is 4.10. The molecule has 2 heterocycles. The van der Waals surface area contributed by atoms with E-state index in [1.54, 1.807) is 4.68 Å². The second-order valence-corrected chi connectivity index (χ2v) is 7.35. The van der Waals surface area contributed by atoms with Crippen molar-refractivity contribution in [3.05, 3.63) is 71.0 Å². The summed E-state index contributed by atoms with van der Waals surface area (Å²) >= 11 is 7.44. The lowest BCUT2D eigenvalue weighted by molar-refractivity contribution is -0.118. The number of oxazole rings is 1. The number of rotatable bonds is 6. The van der Waals surface area contributed by atoms with Crippen molar-refractivity contribution in [3.63, 3.8) is 0 Å². The Hall–Kier alpha value is -3.10. The number of carbonyl (C=O) groups is 1. The van der Waals surface area contributed by atoms with Gasteiger partial charge in [-0.3, -0.25) is 4.79 Å². The summed E-state index contributed by atoms with van der Waals surface area (Å²) in [5.74, 6) is -0.155. The van der Waals surface area contributed by atoms with Crippen LogP contribution in [-0.2, 0) is 4.79 Å². The molecule has 0 atom stereocenters. The number of halogens is 1. The number of hydrazone groups is 1. The largest absolute Gasteiger partial charge is 0.431 e. The SMILES string of the molecule is Cc1c(/C=N/NC(=O)CSc2nc3ccccc3o2)c(Cl)nn1-c1ccccc1. The standard InChI is InChI=1S/C20H16ClN5O2S/c1-13-15(19(21)25-26(13)14-7-3-2-4-8-14)11-22-24-18(27)12-29-20-23-16-9-5-6-10-17(16)28-20/h2-11H,12H2,1H3,(H,24,27)/b22-11+. The molecule has 0 bridgehead atoms. The quantitative estimate of drug-likeness (QED) is 0.284. The van der Waals surface area contributed by atoms with Gasteiger partial charge in [0, 0.05) is 0 Å². The summed E-state index contributed by atoms with van der Waals surface area (Å²) in [5, 5.41) is 9.08. The van der Waals surface area contributed by atoms with Gasteiger partial charge in [-0.05, 0) is 31.2 Å². The van der Waals surface area contributed by atoms with Gasteiger partial charge in [0.2, 0.25) is 0 Å². The first-order valence-electron chi connectivity index (χ1n) is 8.72. The molecule has 4 aromatic rings. The number of nitrogens with zero attached hydrogens (tertiary/aromatic N) is 4. The smallest absolute Gasteiger partial charge is 0.257 e. The fraction of sp³-hybridized carbons (Fsp3) is 0.100. The number of aromatic nitrogens is 3. The second kappa shape index (κ2) is 8.50. The minimum Gasteiger partial charge on any atom is -0.431 e. The van der Waals surface area contributed by atoms with Crippen molar-refractivity contribution in [2.45, 2.75) is 12.1 Å². The highest BCUT2D eigenvalue weighted by Crippen LogP contribution is 2.23. The minimum absolute atomic E-state index is 0.125. The molecule has 0 spiro atoms. The molecule has 0 aliphatic rings. The predicted octanol–water partition coefficient (Wildman–Crippen LogP) is 4.22. The van der Waals surface area contributed by atoms with E-state index in [2.05, 4.69) is 20.6 Å². The maximum absolute atomic E-state index is 12.0. The van der Waals surface area contributed by atoms with Crippen LogP contribution in [0.3, 0.4) is 0 Å². The molecule has 4 rings (SSSR count). The van der Waals surface area contributed by atoms with Crippen molar-refractivity contribution in [1.29, 1.82) is 0 Å². The van der Waals surface area contributed by atoms with Crippen molar-refractivity contribution in [2.75, 3.05) is 5.75 Å². The Morgan fingerprint density at radius 2 is 2.00 bits per heavy atom. The molecule has 0 saturated heterocycles. The Bertz CT molecular complexity index is 1150. The van der Waals surface area contributed by atoms with E-state index >= 15 is 0 Å². The highest BCUT2D eigenvalue weighted by atomic mass is 35.5. The van der Waals surface area contributed by atoms with Crippen LogP contribution in [0.4, 0.5) is 0 Å². The van der Waals surface area contributed by atoms with Crippen LogP contribution in [0.25, 0.3) is 16.8 Å². The van der Waals surface area contributed by atoms with Crippen LogP contribution in [0.5, 0.6) is 0 Å². The third-order valence-corrected chi connectivity index (χ3v) is 5.21. The number of carbonyl (C=O) groups excluding carboxylic acids is 1. The maximum atomic E-state index is 12.0. The predicted molar refractivity (Wildman–Crippen MR) is 114 cm³/mol. The van der Waals surface area contributed by atoms with Gasteiger partial charge >= 0.3 is 0 Å². The normalized spacial score (nSPS) is 11.4. The Morgan fingerprint density at radius 3 is 2.79 bits per heavy atom. The molecular formula is C20H16ClN5O2S. The van der Waals surface area contributed by atoms with Crippen LogP contribution in [0.2, 0.25) is 5.15 Å². The molecule has 1 N–H and O–H groups in total. The molecule has 0 aliphatic carbocycles. The van der Waals surface area contributed by atoms with E-state index in [-0.39, 0.29) is 11.7 Å². The third kappa shape index (κ3) is 4.33. The number of fused-ring (bicyclic) bond motifs is 1. The van der Waals surface area contributed by atoms with Crippen LogP contribution >= 0.6 is 23.4 Å². The molecular weight excluding hydrogens is 410 g/mol. The van der Waals surface area contributed by atoms with E-state index < -0.39 is 0 Å². The zero-order valence-electron chi connectivity index (χ0n) is 15.4. The lowest BCUT2D eigenvalue weighted by Gasteiger charge is -2.03. The van der Waals surface area contributed by atoms with Crippen molar-refractivity contribution >= 4 is 46.6 Å². The van der Waals surface area contributed by atoms with Gasteiger partial charge < -0.3 is 4.42 Å². The number of para-hydroxylation sites is 3. The summed E-state index contributed by atoms with van der Waals surface area (Å²) in [6, 6.07) is 17.1. The maximum Gasteiger partial charge on any atom is 0.257 e. The lowest BCUT2D eigenvalue weighted by atomic mass is 10.2. The number of benzene rings is 2. The monoisotopic (exact) mass is 425 g/mol. The van der Waals surface area contributed by atoms with Gasteiger partial charge in [-0.1, -0.05) is 53.7 Å². The molecule has 0 aliphatic heterocycles. The van der Waals surface area contributed by atoms with Crippen LogP contribution in [-0.4, -0.2) is 32.6 Å². The number of nitrogens with one attached hydrogen (secondary N) is 1. The molecule has 0 radical (unpaired) electrons. The fourth-order valence-corrected chi connectivity index (χ4v) is 3.58. The number of hydrogen-bond acceptors (Lipinski definition) is 6. The summed E-state index contributed by atoms with van der Waals surface area (Å²) in [4.78, 5) is 16.4. The van der Waals surface area contributed by atoms with Crippen molar-refractivity contribution in [2.24, 2.45) is 5.10 Å². The number of hydrogen-bond donors (Lipinski definition) is 1. The topological polar surface area (TPSA) is 85.3 Å². The van der Waals surface area contributed by atoms with Gasteiger partial charge in [0.1, 0.15) is 5.52 Å². The molecule has 9 heteroatoms. The van der Waals surface area contributed by atoms with E-state index in [1.165, 1.54) is 18.0 Å². The van der Waals surface area contributed by atoms with E-state index in [9.17, 15) is 4.79 Å². The Morgan fingerprint density at radius 1 is 1.24 bits per heavy atom. The van der Waals surface area contributed by atoms with Crippen LogP contribution in [0, 0.1) is 6.92 Å². The average molecular weight is 426 g/mol. The summed E-state index contributed by atoms with van der Waals surface area (Å²) < 4.78 is 7.30. The van der Waals surface area contributed by atoms with Crippen LogP contribution in [0.1, 0.15) is 11.3 Å². The number of amides is 1. The van der Waals surface area contributed by atoms with Crippen molar-refractivity contribution in [3.8, 4) is 5.69 Å². The summed E-state index contributed by atoms with van der Waals surface area (Å²) in [6.07, 6.45) is 1.49. The molecule has 2 aromatic carbocycles. The molecule has 146 valence electrons. The Balaban J connectivity index is 1.37. The van der Waals surface area contributed by atoms with E-state index in [0.29, 0.717) is 21.5 Å². The Labute approximate surface area is 175 Å². The van der Waals surface area contributed by atoms with Crippen molar-refractivity contribution < 1.29 is 9.21 Å². The number of thioether (sulfide) groups is 1. The highest BCUT2D eigenvalue weighted by Gasteiger charge is 2.13. The second-order valence-electron chi connectivity index (χ2n) is 6.07. The summed E-state index contributed by atoms with van der Waals surface area (Å²) in [5.41, 5.74) is 6.28. The highest BCUT2D eigenvalue weighted by molar-refractivity contribution is 7.99. The Kier molecular flexibility index (Phi) is 5.64. The lowest BCUT2D eigenvalue weighted by Crippen LogP contribution is -2.19. The molecule has 1 amide bonds. The summed E-state index contributed by atoms with van der Waals surface area (Å²) in [6.45, 7) is 1.89. The zero-order chi connectivity index (χ0) is 20.2. The van der Waals surface area contributed by atoms with E-state index in [4.69, 9.17) is 16.0 Å². The fourth-order valence-electron chi connectivity index (χ4n) is 2.69. The van der Waals surface area contributed by atoms with Crippen LogP contribution < -0.4 is 5.43 Å². The molecule has 2 aromatic heterocycles. The molecule has 0 saturated carbocycles. The first kappa shape index (κ1) is 19.2. The first-order chi connectivity index (χ1) is 14.1. The van der Waals surface area contributed by atoms with Gasteiger partial charge in [0.15, 0.2) is 10.7 Å². The molecule has 0 unspecified atom stereocenters. The molecule has 7 nitrogen and oxygen atoms in total. The first-order valence-corrected chi connectivity index (χ1v) is 10.1. The molecule has 29 heavy (non-hydrogen) atoms. The van der Waals surface area contributed by atoms with E-state index in [0.717, 1.165) is 16.9 Å². The zero-order valence-corrected chi connectivity index (χ0v) is 16.9. The average Bonchev–Trinajstić information content (AvgIpc) is 3.28. The van der Waals surface area contributed by atoms with Gasteiger partial charge in [-0.2, -0.15) is 10.2 Å². The minimum atomic E-state index is -0.280. The van der Waals surface area contributed by atoms with Gasteiger partial charge in [-0.15, -0.1) is 0 Å². The van der Waals surface area contributed by atoms with Crippen LogP contribution in [0.15, 0.2) is 69.3 Å². The van der Waals surface area contributed by atoms with Gasteiger partial charge in [0.25, 0.3) is 11.1 Å². The summed E-state index contributed by atoms with van der Waals surface area (Å²) in [7, 11) is 0. The van der Waals surface area contributed by atoms with Gasteiger partial charge in [-0.25, -0.2) is 15.1 Å².